The lowest BCUT2D eigenvalue weighted by Gasteiger charge is -2.25. The normalized spacial score (nSPS) is 15.0. The van der Waals surface area contributed by atoms with E-state index in [4.69, 9.17) is 10.00 Å². The van der Waals surface area contributed by atoms with E-state index in [2.05, 4.69) is 0 Å². The number of carbonyl (C=O) groups excluding carboxylic acids is 1. The Bertz CT molecular complexity index is 972. The summed E-state index contributed by atoms with van der Waals surface area (Å²) in [6, 6.07) is 15.1. The van der Waals surface area contributed by atoms with Crippen LogP contribution in [-0.2, 0) is 21.2 Å². The van der Waals surface area contributed by atoms with E-state index < -0.39 is 16.0 Å². The molecule has 0 bridgehead atoms. The Morgan fingerprint density at radius 3 is 2.46 bits per heavy atom. The summed E-state index contributed by atoms with van der Waals surface area (Å²) >= 11 is 0. The van der Waals surface area contributed by atoms with Crippen molar-refractivity contribution in [3.8, 4) is 11.8 Å². The molecule has 7 heteroatoms. The number of hydrogen-bond acceptors (Lipinski definition) is 5. The van der Waals surface area contributed by atoms with Crippen LogP contribution < -0.4 is 4.74 Å². The van der Waals surface area contributed by atoms with Crippen molar-refractivity contribution in [2.24, 2.45) is 0 Å². The van der Waals surface area contributed by atoms with Crippen molar-refractivity contribution in [2.75, 3.05) is 13.1 Å². The van der Waals surface area contributed by atoms with Gasteiger partial charge in [0.25, 0.3) is 0 Å². The number of esters is 1. The largest absolute Gasteiger partial charge is 0.426 e. The molecule has 1 aliphatic heterocycles. The van der Waals surface area contributed by atoms with Gasteiger partial charge in [0, 0.05) is 19.5 Å². The summed E-state index contributed by atoms with van der Waals surface area (Å²) in [5, 5.41) is 8.87. The second-order valence-electron chi connectivity index (χ2n) is 6.72. The van der Waals surface area contributed by atoms with Gasteiger partial charge in [0.1, 0.15) is 5.75 Å². The Morgan fingerprint density at radius 1 is 1.07 bits per heavy atom. The van der Waals surface area contributed by atoms with Crippen LogP contribution in [0, 0.1) is 11.3 Å². The molecule has 0 atom stereocenters. The molecule has 1 heterocycles. The van der Waals surface area contributed by atoms with Gasteiger partial charge in [0.2, 0.25) is 10.0 Å². The van der Waals surface area contributed by atoms with Crippen molar-refractivity contribution in [1.29, 1.82) is 5.26 Å². The second-order valence-corrected chi connectivity index (χ2v) is 8.66. The molecular formula is C21H22N2O4S. The van der Waals surface area contributed by atoms with Crippen molar-refractivity contribution in [3.05, 3.63) is 59.7 Å². The van der Waals surface area contributed by atoms with E-state index in [1.165, 1.54) is 10.4 Å². The molecule has 2 aromatic carbocycles. The summed E-state index contributed by atoms with van der Waals surface area (Å²) in [6.07, 6.45) is 3.48. The fourth-order valence-electron chi connectivity index (χ4n) is 3.14. The summed E-state index contributed by atoms with van der Waals surface area (Å²) in [6.45, 7) is 1.14. The van der Waals surface area contributed by atoms with Gasteiger partial charge in [-0.05, 0) is 55.2 Å². The Balaban J connectivity index is 1.56. The summed E-state index contributed by atoms with van der Waals surface area (Å²) in [5.41, 5.74) is 1.29. The molecule has 28 heavy (non-hydrogen) atoms. The topological polar surface area (TPSA) is 87.5 Å². The van der Waals surface area contributed by atoms with Crippen LogP contribution in [0.3, 0.4) is 0 Å². The van der Waals surface area contributed by atoms with E-state index in [0.717, 1.165) is 24.8 Å². The highest BCUT2D eigenvalue weighted by Gasteiger charge is 2.25. The first-order valence-corrected chi connectivity index (χ1v) is 10.7. The zero-order valence-electron chi connectivity index (χ0n) is 15.5. The molecule has 0 radical (unpaired) electrons. The first-order valence-electron chi connectivity index (χ1n) is 9.29. The summed E-state index contributed by atoms with van der Waals surface area (Å²) < 4.78 is 32.1. The molecule has 0 saturated carbocycles. The van der Waals surface area contributed by atoms with Gasteiger partial charge in [-0.25, -0.2) is 8.42 Å². The molecule has 0 unspecified atom stereocenters. The van der Waals surface area contributed by atoms with E-state index in [0.29, 0.717) is 30.8 Å². The maximum Gasteiger partial charge on any atom is 0.311 e. The average molecular weight is 398 g/mol. The third-order valence-electron chi connectivity index (χ3n) is 4.69. The molecule has 3 rings (SSSR count). The second kappa shape index (κ2) is 9.00. The van der Waals surface area contributed by atoms with Crippen LogP contribution in [0.2, 0.25) is 0 Å². The molecule has 0 amide bonds. The number of nitriles is 1. The maximum atomic E-state index is 12.6. The first kappa shape index (κ1) is 20.1. The number of rotatable bonds is 6. The van der Waals surface area contributed by atoms with Crippen LogP contribution in [-0.4, -0.2) is 31.8 Å². The van der Waals surface area contributed by atoms with Gasteiger partial charge < -0.3 is 4.74 Å². The molecule has 146 valence electrons. The van der Waals surface area contributed by atoms with Crippen LogP contribution in [0.4, 0.5) is 0 Å². The third-order valence-corrected chi connectivity index (χ3v) is 6.60. The third kappa shape index (κ3) is 4.97. The van der Waals surface area contributed by atoms with Crippen LogP contribution in [0.15, 0.2) is 53.4 Å². The minimum absolute atomic E-state index is 0.162. The van der Waals surface area contributed by atoms with Crippen LogP contribution in [0.1, 0.15) is 36.8 Å². The van der Waals surface area contributed by atoms with Crippen LogP contribution in [0.25, 0.3) is 0 Å². The lowest BCUT2D eigenvalue weighted by atomic mass is 10.1. The number of nitrogens with zero attached hydrogens (tertiary/aromatic N) is 2. The number of piperidine rings is 1. The van der Waals surface area contributed by atoms with Gasteiger partial charge >= 0.3 is 5.97 Å². The summed E-state index contributed by atoms with van der Waals surface area (Å²) in [4.78, 5) is 12.3. The SMILES string of the molecule is N#Cc1cccc(OC(=O)CCc2ccc(S(=O)(=O)N3CCCCC3)cc2)c1. The number of carbonyl (C=O) groups is 1. The molecule has 2 aromatic rings. The van der Waals surface area contributed by atoms with Gasteiger partial charge in [0.05, 0.1) is 16.5 Å². The number of ether oxygens (including phenoxy) is 1. The smallest absolute Gasteiger partial charge is 0.311 e. The molecular weight excluding hydrogens is 376 g/mol. The highest BCUT2D eigenvalue weighted by atomic mass is 32.2. The van der Waals surface area contributed by atoms with E-state index in [9.17, 15) is 13.2 Å². The fourth-order valence-corrected chi connectivity index (χ4v) is 4.66. The Morgan fingerprint density at radius 2 is 1.79 bits per heavy atom. The number of aryl methyl sites for hydroxylation is 1. The van der Waals surface area contributed by atoms with E-state index >= 15 is 0 Å². The van der Waals surface area contributed by atoms with Gasteiger partial charge in [-0.1, -0.05) is 24.6 Å². The minimum Gasteiger partial charge on any atom is -0.426 e. The molecule has 1 aliphatic rings. The van der Waals surface area contributed by atoms with Gasteiger partial charge in [0.15, 0.2) is 0 Å². The quantitative estimate of drug-likeness (QED) is 0.550. The van der Waals surface area contributed by atoms with Gasteiger partial charge in [-0.3, -0.25) is 4.79 Å². The number of benzene rings is 2. The zero-order chi connectivity index (χ0) is 20.0. The first-order chi connectivity index (χ1) is 13.5. The van der Waals surface area contributed by atoms with Crippen LogP contribution >= 0.6 is 0 Å². The lowest BCUT2D eigenvalue weighted by Crippen LogP contribution is -2.35. The van der Waals surface area contributed by atoms with Crippen molar-refractivity contribution < 1.29 is 17.9 Å². The monoisotopic (exact) mass is 398 g/mol. The maximum absolute atomic E-state index is 12.6. The van der Waals surface area contributed by atoms with Gasteiger partial charge in [-0.2, -0.15) is 9.57 Å². The zero-order valence-corrected chi connectivity index (χ0v) is 16.3. The fraction of sp³-hybridized carbons (Fsp3) is 0.333. The number of hydrogen-bond donors (Lipinski definition) is 0. The molecule has 0 aliphatic carbocycles. The predicted molar refractivity (Wildman–Crippen MR) is 104 cm³/mol. The molecule has 6 nitrogen and oxygen atoms in total. The highest BCUT2D eigenvalue weighted by molar-refractivity contribution is 7.89. The van der Waals surface area contributed by atoms with Crippen molar-refractivity contribution in [1.82, 2.24) is 4.31 Å². The van der Waals surface area contributed by atoms with Crippen LogP contribution in [0.5, 0.6) is 5.75 Å². The van der Waals surface area contributed by atoms with E-state index in [1.807, 2.05) is 6.07 Å². The van der Waals surface area contributed by atoms with Crippen molar-refractivity contribution >= 4 is 16.0 Å². The summed E-state index contributed by atoms with van der Waals surface area (Å²) in [5.74, 6) is -0.0628. The van der Waals surface area contributed by atoms with E-state index in [1.54, 1.807) is 42.5 Å². The highest BCUT2D eigenvalue weighted by Crippen LogP contribution is 2.21. The molecule has 0 spiro atoms. The molecule has 1 fully saturated rings. The van der Waals surface area contributed by atoms with E-state index in [-0.39, 0.29) is 11.3 Å². The Labute approximate surface area is 165 Å². The van der Waals surface area contributed by atoms with Crippen molar-refractivity contribution in [3.63, 3.8) is 0 Å². The summed E-state index contributed by atoms with van der Waals surface area (Å²) in [7, 11) is -3.44. The Hall–Kier alpha value is -2.69. The lowest BCUT2D eigenvalue weighted by molar-refractivity contribution is -0.134. The minimum atomic E-state index is -3.44. The molecule has 0 aromatic heterocycles. The molecule has 1 saturated heterocycles. The average Bonchev–Trinajstić information content (AvgIpc) is 2.73. The molecule has 0 N–H and O–H groups in total. The number of sulfonamides is 1. The standard InChI is InChI=1S/C21H22N2O4S/c22-16-18-5-4-6-19(15-18)27-21(24)12-9-17-7-10-20(11-8-17)28(25,26)23-13-2-1-3-14-23/h4-8,10-11,15H,1-3,9,12-14H2. The predicted octanol–water partition coefficient (Wildman–Crippen LogP) is 3.27. The van der Waals surface area contributed by atoms with Crippen molar-refractivity contribution in [2.45, 2.75) is 37.0 Å². The van der Waals surface area contributed by atoms with Gasteiger partial charge in [-0.15, -0.1) is 0 Å². The Kier molecular flexibility index (Phi) is 6.45.